The minimum atomic E-state index is -4.39. The van der Waals surface area contributed by atoms with Crippen molar-refractivity contribution >= 4 is 0 Å². The number of nitrogens with one attached hydrogen (secondary N) is 1. The maximum Gasteiger partial charge on any atom is 0.416 e. The van der Waals surface area contributed by atoms with Gasteiger partial charge < -0.3 is 15.0 Å². The summed E-state index contributed by atoms with van der Waals surface area (Å²) in [4.78, 5) is 4.18. The molecule has 7 heteroatoms. The van der Waals surface area contributed by atoms with Crippen LogP contribution >= 0.6 is 0 Å². The van der Waals surface area contributed by atoms with Gasteiger partial charge in [0.25, 0.3) is 0 Å². The quantitative estimate of drug-likeness (QED) is 0.896. The fourth-order valence-electron chi connectivity index (χ4n) is 2.79. The summed E-state index contributed by atoms with van der Waals surface area (Å²) < 4.78 is 40.3. The maximum absolute atomic E-state index is 12.9. The van der Waals surface area contributed by atoms with Crippen molar-refractivity contribution in [1.82, 2.24) is 14.9 Å². The van der Waals surface area contributed by atoms with Crippen LogP contribution in [0.4, 0.5) is 13.2 Å². The zero-order valence-corrected chi connectivity index (χ0v) is 11.7. The van der Waals surface area contributed by atoms with Gasteiger partial charge in [-0.25, -0.2) is 4.98 Å². The normalized spacial score (nSPS) is 22.7. The largest absolute Gasteiger partial charge is 0.416 e. The Labute approximate surface area is 125 Å². The fourth-order valence-corrected chi connectivity index (χ4v) is 2.79. The highest BCUT2D eigenvalue weighted by molar-refractivity contribution is 5.57. The molecule has 2 aromatic rings. The molecule has 0 radical (unpaired) electrons. The van der Waals surface area contributed by atoms with E-state index in [-0.39, 0.29) is 6.04 Å². The van der Waals surface area contributed by atoms with E-state index >= 15 is 0 Å². The predicted molar refractivity (Wildman–Crippen MR) is 75.2 cm³/mol. The fraction of sp³-hybridized carbons (Fsp3) is 0.400. The van der Waals surface area contributed by atoms with Gasteiger partial charge in [-0.1, -0.05) is 12.1 Å². The summed E-state index contributed by atoms with van der Waals surface area (Å²) in [6, 6.07) is 4.91. The van der Waals surface area contributed by atoms with Gasteiger partial charge in [-0.3, -0.25) is 0 Å². The highest BCUT2D eigenvalue weighted by atomic mass is 19.4. The zero-order chi connectivity index (χ0) is 15.7. The molecule has 2 heterocycles. The molecule has 1 saturated heterocycles. The molecule has 0 spiro atoms. The van der Waals surface area contributed by atoms with E-state index in [0.29, 0.717) is 24.4 Å². The van der Waals surface area contributed by atoms with Gasteiger partial charge >= 0.3 is 6.18 Å². The lowest BCUT2D eigenvalue weighted by molar-refractivity contribution is -0.137. The van der Waals surface area contributed by atoms with Crippen LogP contribution in [0.15, 0.2) is 36.7 Å². The van der Waals surface area contributed by atoms with Gasteiger partial charge in [-0.2, -0.15) is 13.2 Å². The predicted octanol–water partition coefficient (Wildman–Crippen LogP) is 2.46. The van der Waals surface area contributed by atoms with E-state index in [9.17, 15) is 18.3 Å². The van der Waals surface area contributed by atoms with Crippen LogP contribution in [-0.4, -0.2) is 33.9 Å². The van der Waals surface area contributed by atoms with Crippen molar-refractivity contribution in [2.75, 3.05) is 13.1 Å². The number of alkyl halides is 3. The van der Waals surface area contributed by atoms with E-state index < -0.39 is 17.8 Å². The lowest BCUT2D eigenvalue weighted by Gasteiger charge is -2.30. The third-order valence-corrected chi connectivity index (χ3v) is 3.89. The molecule has 1 aliphatic heterocycles. The van der Waals surface area contributed by atoms with Gasteiger partial charge in [0.2, 0.25) is 0 Å². The number of aliphatic hydroxyl groups is 1. The molecule has 0 bridgehead atoms. The Balaban J connectivity index is 1.98. The number of halogens is 3. The van der Waals surface area contributed by atoms with Crippen molar-refractivity contribution in [2.45, 2.75) is 24.7 Å². The number of β-amino-alcohol motifs (C(OH)–C–C–N with tert-alkyl or cyclic N) is 1. The first kappa shape index (κ1) is 15.1. The van der Waals surface area contributed by atoms with E-state index in [2.05, 4.69) is 10.3 Å². The number of hydrogen-bond donors (Lipinski definition) is 2. The summed E-state index contributed by atoms with van der Waals surface area (Å²) in [5.74, 6) is 0.442. The van der Waals surface area contributed by atoms with Gasteiger partial charge in [0.05, 0.1) is 17.7 Å². The zero-order valence-electron chi connectivity index (χ0n) is 11.7. The molecule has 0 amide bonds. The third kappa shape index (κ3) is 2.86. The Morgan fingerprint density at radius 1 is 1.32 bits per heavy atom. The van der Waals surface area contributed by atoms with Crippen molar-refractivity contribution in [3.63, 3.8) is 0 Å². The summed E-state index contributed by atoms with van der Waals surface area (Å²) in [5, 5.41) is 13.2. The van der Waals surface area contributed by atoms with Gasteiger partial charge in [0, 0.05) is 24.5 Å². The van der Waals surface area contributed by atoms with Gasteiger partial charge in [-0.15, -0.1) is 0 Å². The summed E-state index contributed by atoms with van der Waals surface area (Å²) in [7, 11) is 0. The molecule has 0 saturated carbocycles. The van der Waals surface area contributed by atoms with Gasteiger partial charge in [0.1, 0.15) is 5.82 Å². The minimum absolute atomic E-state index is 0.187. The van der Waals surface area contributed by atoms with Crippen LogP contribution < -0.4 is 5.32 Å². The average Bonchev–Trinajstić information content (AvgIpc) is 2.96. The molecule has 2 N–H and O–H groups in total. The second kappa shape index (κ2) is 5.73. The number of nitrogens with zero attached hydrogens (tertiary/aromatic N) is 2. The van der Waals surface area contributed by atoms with Crippen molar-refractivity contribution in [1.29, 1.82) is 0 Å². The monoisotopic (exact) mass is 311 g/mol. The van der Waals surface area contributed by atoms with E-state index in [0.717, 1.165) is 18.7 Å². The molecule has 0 unspecified atom stereocenters. The molecular weight excluding hydrogens is 295 g/mol. The average molecular weight is 311 g/mol. The topological polar surface area (TPSA) is 50.1 Å². The Morgan fingerprint density at radius 2 is 2.14 bits per heavy atom. The Morgan fingerprint density at radius 3 is 2.86 bits per heavy atom. The molecule has 0 aliphatic carbocycles. The minimum Gasteiger partial charge on any atom is -0.390 e. The van der Waals surface area contributed by atoms with Crippen LogP contribution in [0.25, 0.3) is 11.4 Å². The molecule has 22 heavy (non-hydrogen) atoms. The molecule has 4 nitrogen and oxygen atoms in total. The molecule has 1 aromatic carbocycles. The van der Waals surface area contributed by atoms with Crippen LogP contribution in [0.2, 0.25) is 0 Å². The maximum atomic E-state index is 12.9. The molecule has 118 valence electrons. The smallest absolute Gasteiger partial charge is 0.390 e. The van der Waals surface area contributed by atoms with Crippen LogP contribution in [0, 0.1) is 0 Å². The molecule has 1 aliphatic rings. The first-order chi connectivity index (χ1) is 10.5. The van der Waals surface area contributed by atoms with Crippen molar-refractivity contribution in [3.8, 4) is 11.4 Å². The van der Waals surface area contributed by atoms with E-state index in [1.807, 2.05) is 0 Å². The van der Waals surface area contributed by atoms with E-state index in [1.165, 1.54) is 6.07 Å². The van der Waals surface area contributed by atoms with E-state index in [1.54, 1.807) is 23.0 Å². The Hall–Kier alpha value is -1.86. The van der Waals surface area contributed by atoms with Crippen molar-refractivity contribution in [2.24, 2.45) is 0 Å². The molecular formula is C15H16F3N3O. The second-order valence-corrected chi connectivity index (χ2v) is 5.36. The van der Waals surface area contributed by atoms with Crippen LogP contribution in [0.5, 0.6) is 0 Å². The lowest BCUT2D eigenvalue weighted by atomic mass is 10.0. The Bertz CT molecular complexity index is 653. The molecule has 1 fully saturated rings. The highest BCUT2D eigenvalue weighted by Gasteiger charge is 2.31. The summed E-state index contributed by atoms with van der Waals surface area (Å²) in [5.41, 5.74) is -0.309. The Kier molecular flexibility index (Phi) is 3.92. The number of piperidine rings is 1. The number of rotatable bonds is 2. The van der Waals surface area contributed by atoms with E-state index in [4.69, 9.17) is 0 Å². The number of aliphatic hydroxyl groups excluding tert-OH is 1. The lowest BCUT2D eigenvalue weighted by Crippen LogP contribution is -2.41. The summed E-state index contributed by atoms with van der Waals surface area (Å²) in [6.45, 7) is 1.22. The van der Waals surface area contributed by atoms with Crippen LogP contribution in [-0.2, 0) is 6.18 Å². The summed E-state index contributed by atoms with van der Waals surface area (Å²) in [6.07, 6.45) is -1.03. The van der Waals surface area contributed by atoms with Gasteiger partial charge in [-0.05, 0) is 25.1 Å². The van der Waals surface area contributed by atoms with Crippen LogP contribution in [0.1, 0.15) is 18.0 Å². The summed E-state index contributed by atoms with van der Waals surface area (Å²) >= 11 is 0. The highest BCUT2D eigenvalue weighted by Crippen LogP contribution is 2.33. The number of aromatic nitrogens is 2. The van der Waals surface area contributed by atoms with Crippen molar-refractivity contribution in [3.05, 3.63) is 42.2 Å². The first-order valence-electron chi connectivity index (χ1n) is 7.06. The molecule has 2 atom stereocenters. The number of benzene rings is 1. The van der Waals surface area contributed by atoms with Crippen LogP contribution in [0.3, 0.4) is 0 Å². The number of hydrogen-bond acceptors (Lipinski definition) is 3. The second-order valence-electron chi connectivity index (χ2n) is 5.36. The standard InChI is InChI=1S/C15H16F3N3O/c16-15(17,18)11-3-1-2-10(8-11)14-20-6-7-21(14)12-4-5-19-9-13(12)22/h1-3,6-8,12-13,19,22H,4-5,9H2/t12-,13-/m0/s1. The first-order valence-corrected chi connectivity index (χ1v) is 7.06. The SMILES string of the molecule is O[C@H]1CNCC[C@@H]1n1ccnc1-c1cccc(C(F)(F)F)c1. The van der Waals surface area contributed by atoms with Crippen molar-refractivity contribution < 1.29 is 18.3 Å². The van der Waals surface area contributed by atoms with Gasteiger partial charge in [0.15, 0.2) is 0 Å². The third-order valence-electron chi connectivity index (χ3n) is 3.89. The molecule has 3 rings (SSSR count). The number of imidazole rings is 1. The molecule has 1 aromatic heterocycles.